The first-order valence-electron chi connectivity index (χ1n) is 7.75. The highest BCUT2D eigenvalue weighted by atomic mass is 16.2. The van der Waals surface area contributed by atoms with E-state index in [1.165, 1.54) is 0 Å². The lowest BCUT2D eigenvalue weighted by Crippen LogP contribution is -2.42. The molecule has 0 aromatic heterocycles. The summed E-state index contributed by atoms with van der Waals surface area (Å²) in [6, 6.07) is 7.57. The molecule has 120 valence electrons. The van der Waals surface area contributed by atoms with Crippen LogP contribution >= 0.6 is 0 Å². The maximum absolute atomic E-state index is 12.0. The minimum Gasteiger partial charge on any atom is -0.399 e. The number of hydrogen-bond donors (Lipinski definition) is 3. The highest BCUT2D eigenvalue weighted by Crippen LogP contribution is 2.13. The van der Waals surface area contributed by atoms with Gasteiger partial charge in [-0.1, -0.05) is 18.2 Å². The molecule has 0 bridgehead atoms. The van der Waals surface area contributed by atoms with E-state index in [0.717, 1.165) is 17.7 Å². The van der Waals surface area contributed by atoms with Crippen molar-refractivity contribution in [3.8, 4) is 0 Å². The second-order valence-electron chi connectivity index (χ2n) is 5.53. The molecule has 0 saturated carbocycles. The van der Waals surface area contributed by atoms with Crippen LogP contribution < -0.4 is 16.4 Å². The predicted octanol–water partition coefficient (Wildman–Crippen LogP) is 1.12. The molecule has 1 aromatic carbocycles. The summed E-state index contributed by atoms with van der Waals surface area (Å²) in [6.07, 6.45) is 1.84. The standard InChI is InChI=1S/C16H24N4O2/c1-2-18-16(22)20-10-9-13(11-20)19-15(21)8-7-12-5-3-4-6-14(12)17/h3-6,13H,2,7-11,17H2,1H3,(H,18,22)(H,19,21). The van der Waals surface area contributed by atoms with Crippen LogP contribution in [0.2, 0.25) is 0 Å². The van der Waals surface area contributed by atoms with Crippen LogP contribution in [-0.2, 0) is 11.2 Å². The van der Waals surface area contributed by atoms with Gasteiger partial charge in [0.25, 0.3) is 0 Å². The molecule has 0 aliphatic carbocycles. The average molecular weight is 304 g/mol. The molecule has 6 heteroatoms. The van der Waals surface area contributed by atoms with E-state index in [2.05, 4.69) is 10.6 Å². The molecule has 1 heterocycles. The number of nitrogens with one attached hydrogen (secondary N) is 2. The van der Waals surface area contributed by atoms with Gasteiger partial charge in [-0.25, -0.2) is 4.79 Å². The van der Waals surface area contributed by atoms with Gasteiger partial charge in [0.05, 0.1) is 0 Å². The van der Waals surface area contributed by atoms with Gasteiger partial charge in [-0.2, -0.15) is 0 Å². The third-order valence-corrected chi connectivity index (χ3v) is 3.85. The molecule has 0 radical (unpaired) electrons. The van der Waals surface area contributed by atoms with Gasteiger partial charge in [-0.05, 0) is 31.4 Å². The molecule has 4 N–H and O–H groups in total. The summed E-state index contributed by atoms with van der Waals surface area (Å²) in [5.74, 6) is 0.00556. The first kappa shape index (κ1) is 16.1. The normalized spacial score (nSPS) is 17.3. The molecule has 1 aliphatic rings. The van der Waals surface area contributed by atoms with E-state index in [9.17, 15) is 9.59 Å². The Morgan fingerprint density at radius 2 is 2.14 bits per heavy atom. The van der Waals surface area contributed by atoms with E-state index < -0.39 is 0 Å². The number of carbonyl (C=O) groups is 2. The molecule has 6 nitrogen and oxygen atoms in total. The van der Waals surface area contributed by atoms with Crippen molar-refractivity contribution in [3.05, 3.63) is 29.8 Å². The van der Waals surface area contributed by atoms with E-state index in [1.807, 2.05) is 31.2 Å². The Hall–Kier alpha value is -2.24. The van der Waals surface area contributed by atoms with Crippen LogP contribution in [0.4, 0.5) is 10.5 Å². The molecule has 1 saturated heterocycles. The van der Waals surface area contributed by atoms with Crippen molar-refractivity contribution in [3.63, 3.8) is 0 Å². The number of likely N-dealkylation sites (tertiary alicyclic amines) is 1. The summed E-state index contributed by atoms with van der Waals surface area (Å²) in [5, 5.41) is 5.77. The summed E-state index contributed by atoms with van der Waals surface area (Å²) < 4.78 is 0. The van der Waals surface area contributed by atoms with Gasteiger partial charge in [-0.3, -0.25) is 4.79 Å². The molecule has 1 aliphatic heterocycles. The van der Waals surface area contributed by atoms with Gasteiger partial charge >= 0.3 is 6.03 Å². The van der Waals surface area contributed by atoms with Gasteiger partial charge in [-0.15, -0.1) is 0 Å². The maximum Gasteiger partial charge on any atom is 0.317 e. The zero-order valence-electron chi connectivity index (χ0n) is 13.0. The van der Waals surface area contributed by atoms with Crippen LogP contribution in [0, 0.1) is 0 Å². The third kappa shape index (κ3) is 4.38. The molecule has 1 unspecified atom stereocenters. The molecule has 1 atom stereocenters. The molecule has 0 spiro atoms. The van der Waals surface area contributed by atoms with Crippen molar-refractivity contribution in [2.75, 3.05) is 25.4 Å². The van der Waals surface area contributed by atoms with Crippen LogP contribution in [0.15, 0.2) is 24.3 Å². The first-order valence-corrected chi connectivity index (χ1v) is 7.75. The highest BCUT2D eigenvalue weighted by Gasteiger charge is 2.26. The van der Waals surface area contributed by atoms with Crippen LogP contribution in [0.5, 0.6) is 0 Å². The van der Waals surface area contributed by atoms with Crippen molar-refractivity contribution < 1.29 is 9.59 Å². The number of nitrogens with zero attached hydrogens (tertiary/aromatic N) is 1. The van der Waals surface area contributed by atoms with Crippen molar-refractivity contribution in [1.29, 1.82) is 0 Å². The Morgan fingerprint density at radius 3 is 2.86 bits per heavy atom. The first-order chi connectivity index (χ1) is 10.6. The number of amides is 3. The average Bonchev–Trinajstić information content (AvgIpc) is 2.95. The monoisotopic (exact) mass is 304 g/mol. The fourth-order valence-corrected chi connectivity index (χ4v) is 2.64. The van der Waals surface area contributed by atoms with E-state index in [4.69, 9.17) is 5.73 Å². The summed E-state index contributed by atoms with van der Waals surface area (Å²) >= 11 is 0. The number of aryl methyl sites for hydroxylation is 1. The third-order valence-electron chi connectivity index (χ3n) is 3.85. The largest absolute Gasteiger partial charge is 0.399 e. The van der Waals surface area contributed by atoms with Crippen molar-refractivity contribution in [2.45, 2.75) is 32.2 Å². The number of urea groups is 1. The Morgan fingerprint density at radius 1 is 1.36 bits per heavy atom. The van der Waals surface area contributed by atoms with Crippen molar-refractivity contribution in [2.24, 2.45) is 0 Å². The summed E-state index contributed by atoms with van der Waals surface area (Å²) in [7, 11) is 0. The molecule has 3 amide bonds. The van der Waals surface area contributed by atoms with Gasteiger partial charge in [0.15, 0.2) is 0 Å². The molecule has 22 heavy (non-hydrogen) atoms. The Labute approximate surface area is 131 Å². The van der Waals surface area contributed by atoms with Gasteiger partial charge < -0.3 is 21.3 Å². The number of hydrogen-bond acceptors (Lipinski definition) is 3. The molecular formula is C16H24N4O2. The molecular weight excluding hydrogens is 280 g/mol. The smallest absolute Gasteiger partial charge is 0.317 e. The number of nitrogen functional groups attached to an aromatic ring is 1. The Bertz CT molecular complexity index is 533. The van der Waals surface area contributed by atoms with Crippen LogP contribution in [0.3, 0.4) is 0 Å². The fourth-order valence-electron chi connectivity index (χ4n) is 2.64. The number of carbonyl (C=O) groups excluding carboxylic acids is 2. The lowest BCUT2D eigenvalue weighted by Gasteiger charge is -2.17. The number of anilines is 1. The molecule has 1 fully saturated rings. The number of nitrogens with two attached hydrogens (primary N) is 1. The SMILES string of the molecule is CCNC(=O)N1CCC(NC(=O)CCc2ccccc2N)C1. The summed E-state index contributed by atoms with van der Waals surface area (Å²) in [4.78, 5) is 25.5. The van der Waals surface area contributed by atoms with Crippen LogP contribution in [-0.4, -0.2) is 42.5 Å². The van der Waals surface area contributed by atoms with E-state index >= 15 is 0 Å². The molecule has 2 rings (SSSR count). The Kier molecular flexibility index (Phi) is 5.63. The van der Waals surface area contributed by atoms with Gasteiger partial charge in [0, 0.05) is 37.8 Å². The summed E-state index contributed by atoms with van der Waals surface area (Å²) in [5.41, 5.74) is 7.58. The lowest BCUT2D eigenvalue weighted by atomic mass is 10.1. The minimum absolute atomic E-state index is 0.00556. The van der Waals surface area contributed by atoms with Gasteiger partial charge in [0.2, 0.25) is 5.91 Å². The lowest BCUT2D eigenvalue weighted by molar-refractivity contribution is -0.121. The maximum atomic E-state index is 12.0. The van der Waals surface area contributed by atoms with Crippen molar-refractivity contribution in [1.82, 2.24) is 15.5 Å². The zero-order chi connectivity index (χ0) is 15.9. The second kappa shape index (κ2) is 7.68. The quantitative estimate of drug-likeness (QED) is 0.712. The second-order valence-corrected chi connectivity index (χ2v) is 5.53. The van der Waals surface area contributed by atoms with E-state index in [1.54, 1.807) is 4.90 Å². The summed E-state index contributed by atoms with van der Waals surface area (Å²) in [6.45, 7) is 3.76. The number of benzene rings is 1. The Balaban J connectivity index is 1.74. The number of para-hydroxylation sites is 1. The predicted molar refractivity (Wildman–Crippen MR) is 86.4 cm³/mol. The fraction of sp³-hybridized carbons (Fsp3) is 0.500. The minimum atomic E-state index is -0.0590. The van der Waals surface area contributed by atoms with Crippen LogP contribution in [0.1, 0.15) is 25.3 Å². The van der Waals surface area contributed by atoms with Crippen LogP contribution in [0.25, 0.3) is 0 Å². The van der Waals surface area contributed by atoms with Gasteiger partial charge in [0.1, 0.15) is 0 Å². The zero-order valence-corrected chi connectivity index (χ0v) is 13.0. The molecule has 1 aromatic rings. The topological polar surface area (TPSA) is 87.5 Å². The van der Waals surface area contributed by atoms with E-state index in [0.29, 0.717) is 32.5 Å². The number of rotatable bonds is 5. The van der Waals surface area contributed by atoms with Crippen molar-refractivity contribution >= 4 is 17.6 Å². The van der Waals surface area contributed by atoms with E-state index in [-0.39, 0.29) is 18.0 Å². The highest BCUT2D eigenvalue weighted by molar-refractivity contribution is 5.77.